The van der Waals surface area contributed by atoms with Gasteiger partial charge in [-0.1, -0.05) is 35.1 Å². The van der Waals surface area contributed by atoms with Crippen LogP contribution < -0.4 is 20.9 Å². The number of benzene rings is 1. The molecule has 1 saturated heterocycles. The fraction of sp³-hybridized carbons (Fsp3) is 0.636. The van der Waals surface area contributed by atoms with Crippen LogP contribution in [-0.4, -0.2) is 182 Å². The molecule has 3 heterocycles. The second-order valence-corrected chi connectivity index (χ2v) is 17.1. The average Bonchev–Trinajstić information content (AvgIpc) is 3.75. The van der Waals surface area contributed by atoms with Crippen LogP contribution >= 0.6 is 22.9 Å². The lowest BCUT2D eigenvalue weighted by Crippen LogP contribution is -2.49. The molecule has 22 heteroatoms. The number of hydrogen-bond donors (Lipinski definition) is 3. The van der Waals surface area contributed by atoms with E-state index in [1.807, 2.05) is 57.7 Å². The van der Waals surface area contributed by atoms with Gasteiger partial charge >= 0.3 is 6.09 Å². The Labute approximate surface area is 396 Å². The predicted molar refractivity (Wildman–Crippen MR) is 251 cm³/mol. The highest BCUT2D eigenvalue weighted by atomic mass is 35.5. The van der Waals surface area contributed by atoms with Crippen LogP contribution in [0, 0.1) is 13.8 Å². The number of aromatic nitrogens is 3. The summed E-state index contributed by atoms with van der Waals surface area (Å²) in [5, 5.41) is 9.68. The smallest absolute Gasteiger partial charge is 0.407 e. The van der Waals surface area contributed by atoms with E-state index in [1.54, 1.807) is 6.07 Å². The molecule has 3 amide bonds. The van der Waals surface area contributed by atoms with Gasteiger partial charge < -0.3 is 68.4 Å². The van der Waals surface area contributed by atoms with E-state index >= 15 is 0 Å². The number of amides is 3. The topological polar surface area (TPSA) is 216 Å². The third-order valence-corrected chi connectivity index (χ3v) is 10.4. The Balaban J connectivity index is 0.906. The van der Waals surface area contributed by atoms with Gasteiger partial charge in [-0.25, -0.2) is 19.7 Å². The summed E-state index contributed by atoms with van der Waals surface area (Å²) < 4.78 is 49.2. The Bertz CT molecular complexity index is 1860. The van der Waals surface area contributed by atoms with Crippen molar-refractivity contribution in [3.05, 3.63) is 51.7 Å². The van der Waals surface area contributed by atoms with Crippen LogP contribution in [0.5, 0.6) is 0 Å². The van der Waals surface area contributed by atoms with E-state index < -0.39 is 11.7 Å². The van der Waals surface area contributed by atoms with E-state index in [1.165, 1.54) is 17.5 Å². The van der Waals surface area contributed by atoms with Crippen molar-refractivity contribution in [2.24, 2.45) is 0 Å². The minimum Gasteiger partial charge on any atom is -0.444 e. The Morgan fingerprint density at radius 1 is 0.727 bits per heavy atom. The zero-order valence-corrected chi connectivity index (χ0v) is 40.4. The summed E-state index contributed by atoms with van der Waals surface area (Å²) in [6.07, 6.45) is 1.34. The fourth-order valence-corrected chi connectivity index (χ4v) is 6.96. The van der Waals surface area contributed by atoms with Crippen molar-refractivity contribution in [2.45, 2.75) is 46.6 Å². The Kier molecular flexibility index (Phi) is 25.4. The summed E-state index contributed by atoms with van der Waals surface area (Å²) in [6, 6.07) is 7.28. The van der Waals surface area contributed by atoms with Crippen LogP contribution in [0.15, 0.2) is 30.5 Å². The first-order valence-corrected chi connectivity index (χ1v) is 23.3. The number of aryl methyl sites for hydroxylation is 2. The number of nitrogens with zero attached hydrogens (tertiary/aromatic N) is 5. The number of halogens is 1. The molecule has 0 unspecified atom stereocenters. The van der Waals surface area contributed by atoms with Crippen molar-refractivity contribution in [3.63, 3.8) is 0 Å². The number of carbonyl (C=O) groups is 3. The number of alkyl carbamates (subject to hydrolysis) is 1. The van der Waals surface area contributed by atoms with Crippen molar-refractivity contribution in [3.8, 4) is 0 Å². The quantitative estimate of drug-likeness (QED) is 0.0710. The minimum absolute atomic E-state index is 0.0441. The van der Waals surface area contributed by atoms with E-state index in [2.05, 4.69) is 35.8 Å². The van der Waals surface area contributed by atoms with Gasteiger partial charge in [-0.05, 0) is 46.2 Å². The summed E-state index contributed by atoms with van der Waals surface area (Å²) in [6.45, 7) is 18.8. The summed E-state index contributed by atoms with van der Waals surface area (Å²) >= 11 is 7.49. The van der Waals surface area contributed by atoms with Gasteiger partial charge in [0.15, 0.2) is 5.13 Å². The van der Waals surface area contributed by atoms with Gasteiger partial charge in [-0.2, -0.15) is 0 Å². The van der Waals surface area contributed by atoms with Gasteiger partial charge in [0, 0.05) is 38.8 Å². The predicted octanol–water partition coefficient (Wildman–Crippen LogP) is 4.90. The highest BCUT2D eigenvalue weighted by Gasteiger charge is 2.23. The summed E-state index contributed by atoms with van der Waals surface area (Å²) in [4.78, 5) is 55.2. The molecule has 0 bridgehead atoms. The number of carbonyl (C=O) groups excluding carboxylic acids is 3. The molecule has 20 nitrogen and oxygen atoms in total. The van der Waals surface area contributed by atoms with E-state index in [0.717, 1.165) is 11.4 Å². The molecule has 368 valence electrons. The van der Waals surface area contributed by atoms with E-state index in [-0.39, 0.29) is 11.8 Å². The lowest BCUT2D eigenvalue weighted by molar-refractivity contribution is -0.132. The zero-order valence-electron chi connectivity index (χ0n) is 38.9. The first-order chi connectivity index (χ1) is 31.9. The zero-order chi connectivity index (χ0) is 47.4. The van der Waals surface area contributed by atoms with Crippen molar-refractivity contribution >= 4 is 63.3 Å². The number of rotatable bonds is 32. The highest BCUT2D eigenvalue weighted by molar-refractivity contribution is 7.17. The van der Waals surface area contributed by atoms with Crippen LogP contribution in [0.2, 0.25) is 5.02 Å². The van der Waals surface area contributed by atoms with Crippen molar-refractivity contribution in [1.29, 1.82) is 0 Å². The first-order valence-electron chi connectivity index (χ1n) is 22.1. The van der Waals surface area contributed by atoms with E-state index in [9.17, 15) is 14.4 Å². The Morgan fingerprint density at radius 3 is 1.79 bits per heavy atom. The number of hydrogen-bond acceptors (Lipinski definition) is 18. The Morgan fingerprint density at radius 2 is 1.26 bits per heavy atom. The molecule has 66 heavy (non-hydrogen) atoms. The second kappa shape index (κ2) is 30.9. The van der Waals surface area contributed by atoms with Gasteiger partial charge in [-0.15, -0.1) is 0 Å². The van der Waals surface area contributed by atoms with Crippen molar-refractivity contribution in [1.82, 2.24) is 25.2 Å². The molecule has 1 aliphatic rings. The molecule has 0 radical (unpaired) electrons. The number of ether oxygens (including phenoxy) is 9. The SMILES string of the molecule is Cc1nc(Nc2ncc(C(=O)Nc3c(C)cccc3Cl)s2)cc(N2CCN(C(=O)CCOCCOCCOCCOCCOCCOCCOCCOCCNC(=O)OC(C)(C)C)CC2)n1. The molecule has 0 saturated carbocycles. The molecular formula is C44H67ClN8O12S. The lowest BCUT2D eigenvalue weighted by atomic mass is 10.2. The number of para-hydroxylation sites is 1. The molecule has 3 aromatic rings. The van der Waals surface area contributed by atoms with Crippen LogP contribution in [0.25, 0.3) is 0 Å². The van der Waals surface area contributed by atoms with Crippen LogP contribution in [-0.2, 0) is 47.4 Å². The normalized spacial score (nSPS) is 12.9. The molecule has 1 fully saturated rings. The van der Waals surface area contributed by atoms with Gasteiger partial charge in [0.05, 0.1) is 129 Å². The lowest BCUT2D eigenvalue weighted by Gasteiger charge is -2.35. The molecular weight excluding hydrogens is 900 g/mol. The maximum Gasteiger partial charge on any atom is 0.407 e. The molecule has 2 aromatic heterocycles. The van der Waals surface area contributed by atoms with E-state index in [0.29, 0.717) is 177 Å². The molecule has 4 rings (SSSR count). The van der Waals surface area contributed by atoms with Crippen molar-refractivity contribution < 1.29 is 57.0 Å². The molecule has 1 aliphatic heterocycles. The van der Waals surface area contributed by atoms with E-state index in [4.69, 9.17) is 54.2 Å². The monoisotopic (exact) mass is 966 g/mol. The number of thiazole rings is 1. The molecule has 0 aliphatic carbocycles. The van der Waals surface area contributed by atoms with Gasteiger partial charge in [0.25, 0.3) is 5.91 Å². The van der Waals surface area contributed by atoms with Crippen molar-refractivity contribution in [2.75, 3.05) is 154 Å². The second-order valence-electron chi connectivity index (χ2n) is 15.6. The van der Waals surface area contributed by atoms with Crippen LogP contribution in [0.4, 0.5) is 27.2 Å². The van der Waals surface area contributed by atoms with Gasteiger partial charge in [-0.3, -0.25) is 9.59 Å². The van der Waals surface area contributed by atoms with Gasteiger partial charge in [0.1, 0.15) is 27.9 Å². The molecule has 3 N–H and O–H groups in total. The minimum atomic E-state index is -0.525. The third-order valence-electron chi connectivity index (χ3n) is 9.18. The highest BCUT2D eigenvalue weighted by Crippen LogP contribution is 2.28. The van der Waals surface area contributed by atoms with Crippen LogP contribution in [0.3, 0.4) is 0 Å². The number of anilines is 4. The standard InChI is InChI=1S/C44H67ClN8O12S/c1-33-7-6-8-35(45)40(33)51-41(55)36-32-47-42(66-36)50-37-31-38(49-34(2)48-37)52-11-13-53(14-12-52)39(54)9-15-57-17-19-59-21-23-61-25-27-63-29-30-64-28-26-62-24-22-60-20-18-58-16-10-46-43(56)65-44(3,4)5/h6-8,31-32H,9-30H2,1-5H3,(H,46,56)(H,51,55)(H,47,48,49,50). The summed E-state index contributed by atoms with van der Waals surface area (Å²) in [5.41, 5.74) is 0.908. The largest absolute Gasteiger partial charge is 0.444 e. The number of nitrogens with one attached hydrogen (secondary N) is 3. The first kappa shape index (κ1) is 54.3. The average molecular weight is 968 g/mol. The Hall–Kier alpha value is -4.29. The molecule has 0 atom stereocenters. The maximum atomic E-state index is 12.9. The third kappa shape index (κ3) is 22.5. The maximum absolute atomic E-state index is 12.9. The summed E-state index contributed by atoms with van der Waals surface area (Å²) in [7, 11) is 0. The fourth-order valence-electron chi connectivity index (χ4n) is 5.97. The number of piperazine rings is 1. The molecule has 0 spiro atoms. The summed E-state index contributed by atoms with van der Waals surface area (Å²) in [5.74, 6) is 1.62. The van der Waals surface area contributed by atoms with Crippen LogP contribution in [0.1, 0.15) is 48.3 Å². The molecule has 1 aromatic carbocycles. The van der Waals surface area contributed by atoms with Gasteiger partial charge in [0.2, 0.25) is 5.91 Å².